The van der Waals surface area contributed by atoms with Crippen molar-refractivity contribution in [1.29, 1.82) is 0 Å². The van der Waals surface area contributed by atoms with Gasteiger partial charge in [-0.1, -0.05) is 155 Å². The highest BCUT2D eigenvalue weighted by atomic mass is 16.7. The fourth-order valence-electron chi connectivity index (χ4n) is 5.79. The Morgan fingerprint density at radius 1 is 0.492 bits per heavy atom. The summed E-state index contributed by atoms with van der Waals surface area (Å²) in [4.78, 5) is 37.2. The van der Waals surface area contributed by atoms with Crippen molar-refractivity contribution in [2.24, 2.45) is 0 Å². The summed E-state index contributed by atoms with van der Waals surface area (Å²) in [6.45, 7) is 4.60. The van der Waals surface area contributed by atoms with Gasteiger partial charge in [0.15, 0.2) is 6.10 Å². The van der Waals surface area contributed by atoms with Gasteiger partial charge in [0.2, 0.25) is 0 Å². The van der Waals surface area contributed by atoms with Crippen LogP contribution in [0, 0.1) is 0 Å². The second kappa shape index (κ2) is 44.6. The van der Waals surface area contributed by atoms with Crippen molar-refractivity contribution in [3.05, 3.63) is 109 Å². The van der Waals surface area contributed by atoms with E-state index in [-0.39, 0.29) is 38.6 Å². The molecule has 0 fully saturated rings. The molecule has 0 aliphatic rings. The van der Waals surface area contributed by atoms with E-state index < -0.39 is 24.3 Å². The Bertz CT molecular complexity index is 1390. The van der Waals surface area contributed by atoms with Crippen LogP contribution in [0.15, 0.2) is 109 Å². The number of carbonyl (C=O) groups is 3. The minimum Gasteiger partial charge on any atom is -0.477 e. The largest absolute Gasteiger partial charge is 0.477 e. The third kappa shape index (κ3) is 45.8. The van der Waals surface area contributed by atoms with Crippen LogP contribution in [-0.2, 0) is 33.3 Å². The average molecular weight is 879 g/mol. The monoisotopic (exact) mass is 879 g/mol. The number of carbonyl (C=O) groups excluding carboxylic acids is 2. The zero-order valence-corrected chi connectivity index (χ0v) is 40.2. The van der Waals surface area contributed by atoms with Crippen molar-refractivity contribution in [2.45, 2.75) is 167 Å². The molecule has 0 rings (SSSR count). The minimum atomic E-state index is -1.53. The van der Waals surface area contributed by atoms with Crippen LogP contribution in [0.3, 0.4) is 0 Å². The SMILES string of the molecule is CC/C=C\C/C=C\C/C=C\C/C=C\C/C=C\C/C=C\C/C=C\CCCCCC(=O)OC(COC(=O)CCCCCCC/C=C\C/C=C\CCC)COC(OCC[N+](C)(C)C)C(=O)O. The average Bonchev–Trinajstić information content (AvgIpc) is 3.24. The van der Waals surface area contributed by atoms with Crippen LogP contribution in [0.4, 0.5) is 0 Å². The zero-order chi connectivity index (χ0) is 46.3. The van der Waals surface area contributed by atoms with E-state index in [1.54, 1.807) is 0 Å². The molecule has 0 aromatic carbocycles. The molecule has 0 heterocycles. The zero-order valence-electron chi connectivity index (χ0n) is 40.2. The number of ether oxygens (including phenoxy) is 4. The topological polar surface area (TPSA) is 108 Å². The molecule has 0 saturated heterocycles. The molecular formula is C54H88NO8+. The van der Waals surface area contributed by atoms with E-state index in [4.69, 9.17) is 18.9 Å². The molecule has 0 amide bonds. The van der Waals surface area contributed by atoms with Crippen LogP contribution < -0.4 is 0 Å². The van der Waals surface area contributed by atoms with E-state index in [0.717, 1.165) is 116 Å². The van der Waals surface area contributed by atoms with Gasteiger partial charge in [0.05, 0.1) is 34.4 Å². The van der Waals surface area contributed by atoms with E-state index in [2.05, 4.69) is 123 Å². The van der Waals surface area contributed by atoms with E-state index in [9.17, 15) is 19.5 Å². The summed E-state index contributed by atoms with van der Waals surface area (Å²) in [5.74, 6) is -2.09. The van der Waals surface area contributed by atoms with Crippen molar-refractivity contribution in [3.63, 3.8) is 0 Å². The molecule has 0 aliphatic heterocycles. The van der Waals surface area contributed by atoms with Gasteiger partial charge in [-0.15, -0.1) is 0 Å². The van der Waals surface area contributed by atoms with E-state index >= 15 is 0 Å². The molecule has 9 heteroatoms. The molecule has 0 spiro atoms. The van der Waals surface area contributed by atoms with Crippen molar-refractivity contribution in [2.75, 3.05) is 47.5 Å². The number of carboxylic acids is 1. The molecule has 0 aromatic rings. The van der Waals surface area contributed by atoms with Gasteiger partial charge in [-0.25, -0.2) is 4.79 Å². The number of rotatable bonds is 42. The lowest BCUT2D eigenvalue weighted by Crippen LogP contribution is -2.40. The third-order valence-corrected chi connectivity index (χ3v) is 9.49. The van der Waals surface area contributed by atoms with Crippen LogP contribution in [0.5, 0.6) is 0 Å². The second-order valence-electron chi connectivity index (χ2n) is 16.7. The number of unbranched alkanes of at least 4 members (excludes halogenated alkanes) is 9. The number of hydrogen-bond donors (Lipinski definition) is 1. The van der Waals surface area contributed by atoms with E-state index in [1.165, 1.54) is 6.42 Å². The molecule has 2 unspecified atom stereocenters. The number of aliphatic carboxylic acids is 1. The molecule has 0 aliphatic carbocycles. The quantitative estimate of drug-likeness (QED) is 0.0212. The van der Waals surface area contributed by atoms with Gasteiger partial charge in [-0.2, -0.15) is 0 Å². The molecule has 9 nitrogen and oxygen atoms in total. The number of carboxylic acid groups (broad SMARTS) is 1. The number of quaternary nitrogens is 1. The Morgan fingerprint density at radius 2 is 0.905 bits per heavy atom. The van der Waals surface area contributed by atoms with Gasteiger partial charge >= 0.3 is 17.9 Å². The van der Waals surface area contributed by atoms with E-state index in [0.29, 0.717) is 17.4 Å². The fraction of sp³-hybridized carbons (Fsp3) is 0.611. The highest BCUT2D eigenvalue weighted by Crippen LogP contribution is 2.11. The molecule has 1 N–H and O–H groups in total. The Labute approximate surface area is 384 Å². The molecule has 0 saturated carbocycles. The number of likely N-dealkylation sites (N-methyl/N-ethyl adjacent to an activating group) is 1. The maximum Gasteiger partial charge on any atom is 0.361 e. The number of esters is 2. The summed E-state index contributed by atoms with van der Waals surface area (Å²) >= 11 is 0. The first-order valence-corrected chi connectivity index (χ1v) is 24.1. The highest BCUT2D eigenvalue weighted by molar-refractivity contribution is 5.71. The molecule has 356 valence electrons. The van der Waals surface area contributed by atoms with Crippen LogP contribution in [-0.4, -0.2) is 87.4 Å². The second-order valence-corrected chi connectivity index (χ2v) is 16.7. The Hall–Kier alpha value is -4.05. The van der Waals surface area contributed by atoms with Crippen molar-refractivity contribution in [1.82, 2.24) is 0 Å². The predicted molar refractivity (Wildman–Crippen MR) is 262 cm³/mol. The van der Waals surface area contributed by atoms with Crippen LogP contribution >= 0.6 is 0 Å². The van der Waals surface area contributed by atoms with Gasteiger partial charge in [0, 0.05) is 12.8 Å². The van der Waals surface area contributed by atoms with Gasteiger partial charge in [0.1, 0.15) is 13.2 Å². The van der Waals surface area contributed by atoms with Crippen molar-refractivity contribution < 1.29 is 42.9 Å². The van der Waals surface area contributed by atoms with Gasteiger partial charge in [0.25, 0.3) is 6.29 Å². The number of allylic oxidation sites excluding steroid dienone is 18. The fourth-order valence-corrected chi connectivity index (χ4v) is 5.79. The summed E-state index contributed by atoms with van der Waals surface area (Å²) in [7, 11) is 5.93. The molecule has 0 radical (unpaired) electrons. The van der Waals surface area contributed by atoms with Gasteiger partial charge in [-0.05, 0) is 96.3 Å². The predicted octanol–water partition coefficient (Wildman–Crippen LogP) is 13.2. The summed E-state index contributed by atoms with van der Waals surface area (Å²) in [5.41, 5.74) is 0. The van der Waals surface area contributed by atoms with Crippen LogP contribution in [0.25, 0.3) is 0 Å². The lowest BCUT2D eigenvalue weighted by molar-refractivity contribution is -0.870. The van der Waals surface area contributed by atoms with Crippen molar-refractivity contribution >= 4 is 17.9 Å². The highest BCUT2D eigenvalue weighted by Gasteiger charge is 2.25. The summed E-state index contributed by atoms with van der Waals surface area (Å²) in [6, 6.07) is 0. The molecule has 0 bridgehead atoms. The first-order valence-electron chi connectivity index (χ1n) is 24.1. The smallest absolute Gasteiger partial charge is 0.361 e. The lowest BCUT2D eigenvalue weighted by Gasteiger charge is -2.25. The lowest BCUT2D eigenvalue weighted by atomic mass is 10.1. The summed E-state index contributed by atoms with van der Waals surface area (Å²) in [5, 5.41) is 9.65. The Balaban J connectivity index is 4.48. The maximum atomic E-state index is 12.8. The summed E-state index contributed by atoms with van der Waals surface area (Å²) in [6.07, 6.45) is 57.2. The maximum absolute atomic E-state index is 12.8. The first kappa shape index (κ1) is 58.9. The number of nitrogens with zero attached hydrogens (tertiary/aromatic N) is 1. The number of hydrogen-bond acceptors (Lipinski definition) is 7. The molecule has 2 atom stereocenters. The first-order chi connectivity index (χ1) is 30.6. The third-order valence-electron chi connectivity index (χ3n) is 9.49. The van der Waals surface area contributed by atoms with Crippen LogP contribution in [0.1, 0.15) is 155 Å². The molecule has 63 heavy (non-hydrogen) atoms. The molecule has 0 aromatic heterocycles. The summed E-state index contributed by atoms with van der Waals surface area (Å²) < 4.78 is 22.7. The Kier molecular flexibility index (Phi) is 41.7. The van der Waals surface area contributed by atoms with E-state index in [1.807, 2.05) is 21.1 Å². The van der Waals surface area contributed by atoms with Gasteiger partial charge in [-0.3, -0.25) is 9.59 Å². The normalized spacial score (nSPS) is 13.9. The minimum absolute atomic E-state index is 0.172. The van der Waals surface area contributed by atoms with Crippen molar-refractivity contribution in [3.8, 4) is 0 Å². The van der Waals surface area contributed by atoms with Crippen LogP contribution in [0.2, 0.25) is 0 Å². The van der Waals surface area contributed by atoms with Gasteiger partial charge < -0.3 is 28.5 Å². The Morgan fingerprint density at radius 3 is 1.37 bits per heavy atom. The standard InChI is InChI=1S/C54H87NO8/c1-6-8-10-12-14-16-18-20-21-22-23-24-25-26-27-28-29-30-31-33-35-37-39-41-43-45-52(57)63-50(49-62-54(53(58)59)60-47-46-55(3,4)5)48-61-51(56)44-42-40-38-36-34-32-19-17-15-13-11-9-7-2/h8,10-11,13-14,16-17,19-21,23-24,26-27,29-30,33,35,50,54H,6-7,9,12,15,18,22,25,28,31-32,34,36-49H2,1-5H3/p+1/b10-8-,13-11-,16-14-,19-17-,21-20-,24-23-,27-26-,30-29-,35-33-. The molecular weight excluding hydrogens is 791 g/mol.